The smallest absolute Gasteiger partial charge is 0.145 e. The average molecular weight is 310 g/mol. The topological polar surface area (TPSA) is 65.1 Å². The van der Waals surface area contributed by atoms with E-state index in [0.29, 0.717) is 12.2 Å². The predicted molar refractivity (Wildman–Crippen MR) is 89.2 cm³/mol. The molecule has 1 fully saturated rings. The molecule has 23 heavy (non-hydrogen) atoms. The number of aromatic nitrogens is 1. The molecule has 5 nitrogen and oxygen atoms in total. The highest BCUT2D eigenvalue weighted by Gasteiger charge is 2.25. The maximum absolute atomic E-state index is 9.11. The number of pyridine rings is 1. The Morgan fingerprint density at radius 2 is 2.04 bits per heavy atom. The van der Waals surface area contributed by atoms with Crippen molar-refractivity contribution in [2.75, 3.05) is 25.0 Å². The fourth-order valence-corrected chi connectivity index (χ4v) is 3.04. The first-order chi connectivity index (χ1) is 11.2. The minimum Gasteiger partial charge on any atom is -0.465 e. The maximum atomic E-state index is 9.11. The summed E-state index contributed by atoms with van der Waals surface area (Å²) in [4.78, 5) is 6.82. The zero-order valence-electron chi connectivity index (χ0n) is 13.7. The molecule has 1 atom stereocenters. The number of nitriles is 1. The van der Waals surface area contributed by atoms with Crippen molar-refractivity contribution in [2.45, 2.75) is 32.7 Å². The molecule has 1 unspecified atom stereocenters. The summed E-state index contributed by atoms with van der Waals surface area (Å²) < 4.78 is 5.86. The number of nitrogens with zero attached hydrogens (tertiary/aromatic N) is 3. The van der Waals surface area contributed by atoms with Crippen molar-refractivity contribution in [1.29, 1.82) is 5.26 Å². The van der Waals surface area contributed by atoms with Crippen LogP contribution in [0, 0.1) is 25.2 Å². The van der Waals surface area contributed by atoms with E-state index in [1.165, 1.54) is 12.8 Å². The van der Waals surface area contributed by atoms with E-state index in [1.54, 1.807) is 0 Å². The van der Waals surface area contributed by atoms with Gasteiger partial charge in [-0.3, -0.25) is 4.90 Å². The van der Waals surface area contributed by atoms with Crippen LogP contribution in [0.15, 0.2) is 28.7 Å². The van der Waals surface area contributed by atoms with E-state index in [1.807, 2.05) is 32.0 Å². The molecule has 3 heterocycles. The Balaban J connectivity index is 1.75. The summed E-state index contributed by atoms with van der Waals surface area (Å²) in [6.45, 7) is 6.77. The van der Waals surface area contributed by atoms with Gasteiger partial charge in [-0.15, -0.1) is 0 Å². The van der Waals surface area contributed by atoms with Crippen LogP contribution in [-0.4, -0.2) is 29.5 Å². The van der Waals surface area contributed by atoms with Gasteiger partial charge in [0, 0.05) is 6.54 Å². The van der Waals surface area contributed by atoms with Crippen molar-refractivity contribution in [2.24, 2.45) is 0 Å². The highest BCUT2D eigenvalue weighted by molar-refractivity contribution is 5.42. The lowest BCUT2D eigenvalue weighted by Gasteiger charge is -2.26. The van der Waals surface area contributed by atoms with Crippen LogP contribution < -0.4 is 5.32 Å². The third kappa shape index (κ3) is 3.54. The molecule has 120 valence electrons. The third-order valence-corrected chi connectivity index (χ3v) is 4.35. The molecule has 1 aliphatic heterocycles. The number of hydrogen-bond acceptors (Lipinski definition) is 5. The second-order valence-corrected chi connectivity index (χ2v) is 6.06. The first-order valence-electron chi connectivity index (χ1n) is 8.09. The number of hydrogen-bond donors (Lipinski definition) is 1. The summed E-state index contributed by atoms with van der Waals surface area (Å²) in [6, 6.07) is 10.2. The molecule has 0 spiro atoms. The summed E-state index contributed by atoms with van der Waals surface area (Å²) in [5.74, 6) is 2.66. The van der Waals surface area contributed by atoms with Gasteiger partial charge >= 0.3 is 0 Å². The number of anilines is 1. The molecule has 1 saturated heterocycles. The van der Waals surface area contributed by atoms with Crippen LogP contribution in [-0.2, 0) is 0 Å². The molecule has 2 aromatic rings. The summed E-state index contributed by atoms with van der Waals surface area (Å²) >= 11 is 0. The number of rotatable bonds is 5. The number of furan rings is 1. The third-order valence-electron chi connectivity index (χ3n) is 4.35. The monoisotopic (exact) mass is 310 g/mol. The summed E-state index contributed by atoms with van der Waals surface area (Å²) in [7, 11) is 0. The Labute approximate surface area is 136 Å². The fraction of sp³-hybridized carbons (Fsp3) is 0.444. The number of likely N-dealkylation sites (tertiary alicyclic amines) is 1. The van der Waals surface area contributed by atoms with Gasteiger partial charge in [-0.2, -0.15) is 5.26 Å². The van der Waals surface area contributed by atoms with Gasteiger partial charge in [-0.05, 0) is 63.5 Å². The SMILES string of the molecule is Cc1ccc(C(CNc2ccc(C)c(C#N)n2)N2CCCC2)o1. The molecule has 0 aromatic carbocycles. The van der Waals surface area contributed by atoms with Crippen molar-refractivity contribution >= 4 is 5.82 Å². The zero-order chi connectivity index (χ0) is 16.2. The van der Waals surface area contributed by atoms with Crippen LogP contribution in [0.3, 0.4) is 0 Å². The summed E-state index contributed by atoms with van der Waals surface area (Å²) in [6.07, 6.45) is 2.47. The number of nitrogens with one attached hydrogen (secondary N) is 1. The molecule has 2 aromatic heterocycles. The molecular weight excluding hydrogens is 288 g/mol. The normalized spacial score (nSPS) is 16.2. The minimum atomic E-state index is 0.194. The molecule has 3 rings (SSSR count). The molecule has 0 aliphatic carbocycles. The second-order valence-electron chi connectivity index (χ2n) is 6.06. The van der Waals surface area contributed by atoms with Gasteiger partial charge in [0.15, 0.2) is 0 Å². The average Bonchev–Trinajstić information content (AvgIpc) is 3.21. The molecule has 1 N–H and O–H groups in total. The fourth-order valence-electron chi connectivity index (χ4n) is 3.04. The molecule has 1 aliphatic rings. The lowest BCUT2D eigenvalue weighted by molar-refractivity contribution is 0.223. The van der Waals surface area contributed by atoms with Gasteiger partial charge in [-0.25, -0.2) is 4.98 Å². The largest absolute Gasteiger partial charge is 0.465 e. The van der Waals surface area contributed by atoms with E-state index in [2.05, 4.69) is 27.3 Å². The molecule has 0 saturated carbocycles. The zero-order valence-corrected chi connectivity index (χ0v) is 13.7. The lowest BCUT2D eigenvalue weighted by Crippen LogP contribution is -2.31. The van der Waals surface area contributed by atoms with Gasteiger partial charge in [0.25, 0.3) is 0 Å². The minimum absolute atomic E-state index is 0.194. The Morgan fingerprint density at radius 3 is 2.70 bits per heavy atom. The Hall–Kier alpha value is -2.32. The van der Waals surface area contributed by atoms with E-state index >= 15 is 0 Å². The Kier molecular flexibility index (Phi) is 4.63. The highest BCUT2D eigenvalue weighted by atomic mass is 16.3. The van der Waals surface area contributed by atoms with Crippen molar-refractivity contribution in [1.82, 2.24) is 9.88 Å². The van der Waals surface area contributed by atoms with Crippen LogP contribution in [0.1, 0.15) is 41.7 Å². The molecule has 5 heteroatoms. The van der Waals surface area contributed by atoms with Crippen LogP contribution in [0.2, 0.25) is 0 Å². The first kappa shape index (κ1) is 15.6. The van der Waals surface area contributed by atoms with E-state index in [4.69, 9.17) is 9.68 Å². The molecule has 0 bridgehead atoms. The highest BCUT2D eigenvalue weighted by Crippen LogP contribution is 2.27. The van der Waals surface area contributed by atoms with Crippen LogP contribution in [0.5, 0.6) is 0 Å². The van der Waals surface area contributed by atoms with Crippen LogP contribution in [0.25, 0.3) is 0 Å². The van der Waals surface area contributed by atoms with Crippen molar-refractivity contribution in [3.05, 3.63) is 47.0 Å². The quantitative estimate of drug-likeness (QED) is 0.916. The lowest BCUT2D eigenvalue weighted by atomic mass is 10.2. The Bertz CT molecular complexity index is 710. The first-order valence-corrected chi connectivity index (χ1v) is 8.09. The molecule has 0 amide bonds. The number of aryl methyl sites for hydroxylation is 2. The summed E-state index contributed by atoms with van der Waals surface area (Å²) in [5, 5.41) is 12.5. The van der Waals surface area contributed by atoms with E-state index in [0.717, 1.165) is 36.0 Å². The van der Waals surface area contributed by atoms with Gasteiger partial charge in [0.2, 0.25) is 0 Å². The predicted octanol–water partition coefficient (Wildman–Crippen LogP) is 3.41. The molecule has 0 radical (unpaired) electrons. The van der Waals surface area contributed by atoms with Crippen molar-refractivity contribution in [3.8, 4) is 6.07 Å². The van der Waals surface area contributed by atoms with Crippen molar-refractivity contribution in [3.63, 3.8) is 0 Å². The van der Waals surface area contributed by atoms with Gasteiger partial charge < -0.3 is 9.73 Å². The van der Waals surface area contributed by atoms with E-state index in [9.17, 15) is 0 Å². The van der Waals surface area contributed by atoms with Gasteiger partial charge in [-0.1, -0.05) is 6.07 Å². The van der Waals surface area contributed by atoms with E-state index < -0.39 is 0 Å². The summed E-state index contributed by atoms with van der Waals surface area (Å²) in [5.41, 5.74) is 1.37. The van der Waals surface area contributed by atoms with E-state index in [-0.39, 0.29) is 6.04 Å². The standard InChI is InChI=1S/C18H22N4O/c1-13-5-8-18(21-15(13)11-19)20-12-16(22-9-3-4-10-22)17-7-6-14(2)23-17/h5-8,16H,3-4,9-10,12H2,1-2H3,(H,20,21). The second kappa shape index (κ2) is 6.84. The molecular formula is C18H22N4O. The van der Waals surface area contributed by atoms with Crippen LogP contribution in [0.4, 0.5) is 5.82 Å². The van der Waals surface area contributed by atoms with Gasteiger partial charge in [0.1, 0.15) is 29.1 Å². The van der Waals surface area contributed by atoms with Gasteiger partial charge in [0.05, 0.1) is 6.04 Å². The van der Waals surface area contributed by atoms with Crippen LogP contribution >= 0.6 is 0 Å². The Morgan fingerprint density at radius 1 is 1.26 bits per heavy atom. The maximum Gasteiger partial charge on any atom is 0.145 e. The van der Waals surface area contributed by atoms with Crippen molar-refractivity contribution < 1.29 is 4.42 Å².